The molecule has 2 aromatic rings. The molecule has 6 nitrogen and oxygen atoms in total. The van der Waals surface area contributed by atoms with Crippen molar-refractivity contribution in [3.05, 3.63) is 42.2 Å². The summed E-state index contributed by atoms with van der Waals surface area (Å²) in [7, 11) is 0. The minimum atomic E-state index is -0.413. The summed E-state index contributed by atoms with van der Waals surface area (Å²) in [6.07, 6.45) is 3.17. The summed E-state index contributed by atoms with van der Waals surface area (Å²) in [5.41, 5.74) is 1.26. The van der Waals surface area contributed by atoms with Crippen molar-refractivity contribution in [2.45, 2.75) is 6.92 Å². The highest BCUT2D eigenvalue weighted by Gasteiger charge is 2.33. The Morgan fingerprint density at radius 3 is 2.39 bits per heavy atom. The van der Waals surface area contributed by atoms with Crippen LogP contribution in [0.3, 0.4) is 0 Å². The predicted octanol–water partition coefficient (Wildman–Crippen LogP) is 1.04. The molecule has 0 bridgehead atoms. The lowest BCUT2D eigenvalue weighted by atomic mass is 10.1. The number of fused-ring (bicyclic) bond motifs is 1. The van der Waals surface area contributed by atoms with E-state index < -0.39 is 11.7 Å². The van der Waals surface area contributed by atoms with Crippen LogP contribution < -0.4 is 4.90 Å². The van der Waals surface area contributed by atoms with Gasteiger partial charge in [-0.15, -0.1) is 0 Å². The normalized spacial score (nSPS) is 13.1. The highest BCUT2D eigenvalue weighted by atomic mass is 16.2. The summed E-state index contributed by atoms with van der Waals surface area (Å²) in [6, 6.07) is 7.07. The van der Waals surface area contributed by atoms with E-state index in [1.807, 2.05) is 13.0 Å². The number of rotatable bonds is 1. The van der Waals surface area contributed by atoms with E-state index in [-0.39, 0.29) is 0 Å². The van der Waals surface area contributed by atoms with Crippen molar-refractivity contribution in [3.63, 3.8) is 0 Å². The molecule has 1 N–H and O–H groups in total. The maximum Gasteiger partial charge on any atom is 0.299 e. The third-order valence-electron chi connectivity index (χ3n) is 2.53. The molecule has 0 saturated heterocycles. The van der Waals surface area contributed by atoms with Gasteiger partial charge in [-0.3, -0.25) is 9.59 Å². The number of hydrogen-bond acceptors (Lipinski definition) is 4. The monoisotopic (exact) mass is 244 g/mol. The fourth-order valence-corrected chi connectivity index (χ4v) is 1.73. The number of aromatic amines is 1. The maximum atomic E-state index is 11.4. The Kier molecular flexibility index (Phi) is 3.47. The highest BCUT2D eigenvalue weighted by Crippen LogP contribution is 2.27. The second-order valence-corrected chi connectivity index (χ2v) is 3.55. The third-order valence-corrected chi connectivity index (χ3v) is 2.53. The molecular formula is C12H12N4O2. The molecule has 1 aliphatic rings. The van der Waals surface area contributed by atoms with Crippen molar-refractivity contribution in [3.8, 4) is 0 Å². The first kappa shape index (κ1) is 12.0. The van der Waals surface area contributed by atoms with Crippen LogP contribution in [0, 0.1) is 0 Å². The van der Waals surface area contributed by atoms with Crippen molar-refractivity contribution in [1.82, 2.24) is 15.4 Å². The summed E-state index contributed by atoms with van der Waals surface area (Å²) < 4.78 is 0. The number of carbonyl (C=O) groups is 2. The first-order valence-corrected chi connectivity index (χ1v) is 5.50. The van der Waals surface area contributed by atoms with Gasteiger partial charge in [-0.05, 0) is 19.1 Å². The molecule has 92 valence electrons. The van der Waals surface area contributed by atoms with Gasteiger partial charge in [0.1, 0.15) is 0 Å². The Bertz CT molecular complexity index is 534. The summed E-state index contributed by atoms with van der Waals surface area (Å²) in [4.78, 5) is 24.2. The average molecular weight is 244 g/mol. The number of para-hydroxylation sites is 1. The molecule has 0 radical (unpaired) electrons. The van der Waals surface area contributed by atoms with Gasteiger partial charge >= 0.3 is 0 Å². The Balaban J connectivity index is 0.000000202. The van der Waals surface area contributed by atoms with Gasteiger partial charge in [0.05, 0.1) is 23.6 Å². The molecule has 0 unspecified atom stereocenters. The number of benzene rings is 1. The molecule has 1 aromatic carbocycles. The maximum absolute atomic E-state index is 11.4. The number of hydrogen-bond donors (Lipinski definition) is 1. The second-order valence-electron chi connectivity index (χ2n) is 3.55. The highest BCUT2D eigenvalue weighted by molar-refractivity contribution is 6.52. The summed E-state index contributed by atoms with van der Waals surface area (Å²) in [5, 5.41) is 9.33. The topological polar surface area (TPSA) is 79.0 Å². The first-order chi connectivity index (χ1) is 8.75. The first-order valence-electron chi connectivity index (χ1n) is 5.50. The Hall–Kier alpha value is -2.50. The van der Waals surface area contributed by atoms with Crippen LogP contribution in [-0.2, 0) is 4.79 Å². The minimum absolute atomic E-state index is 0.391. The molecule has 0 saturated carbocycles. The van der Waals surface area contributed by atoms with Gasteiger partial charge in [-0.1, -0.05) is 12.1 Å². The van der Waals surface area contributed by atoms with Gasteiger partial charge in [-0.25, -0.2) is 0 Å². The molecule has 1 aliphatic heterocycles. The number of Topliss-reactive ketones (excluding diaryl/α,β-unsaturated/α-hetero) is 1. The number of carbonyl (C=O) groups excluding carboxylic acids is 2. The van der Waals surface area contributed by atoms with E-state index in [4.69, 9.17) is 0 Å². The zero-order valence-corrected chi connectivity index (χ0v) is 9.83. The van der Waals surface area contributed by atoms with Crippen molar-refractivity contribution < 1.29 is 9.59 Å². The summed E-state index contributed by atoms with van der Waals surface area (Å²) in [5.74, 6) is -0.804. The minimum Gasteiger partial charge on any atom is -0.305 e. The Morgan fingerprint density at radius 2 is 1.83 bits per heavy atom. The molecule has 1 aromatic heterocycles. The fourth-order valence-electron chi connectivity index (χ4n) is 1.73. The van der Waals surface area contributed by atoms with Crippen molar-refractivity contribution >= 4 is 17.4 Å². The SMILES string of the molecule is CCN1C(=O)C(=O)c2ccccc21.c1cn[nH]n1. The number of H-pyrrole nitrogens is 1. The van der Waals surface area contributed by atoms with Crippen LogP contribution in [0.25, 0.3) is 0 Å². The fraction of sp³-hybridized carbons (Fsp3) is 0.167. The van der Waals surface area contributed by atoms with Crippen LogP contribution in [0.1, 0.15) is 17.3 Å². The van der Waals surface area contributed by atoms with E-state index in [2.05, 4.69) is 15.4 Å². The summed E-state index contributed by atoms with van der Waals surface area (Å²) >= 11 is 0. The van der Waals surface area contributed by atoms with E-state index in [1.54, 1.807) is 30.6 Å². The Morgan fingerprint density at radius 1 is 1.17 bits per heavy atom. The van der Waals surface area contributed by atoms with E-state index in [0.717, 1.165) is 5.69 Å². The smallest absolute Gasteiger partial charge is 0.299 e. The average Bonchev–Trinajstić information content (AvgIpc) is 3.04. The van der Waals surface area contributed by atoms with E-state index in [1.165, 1.54) is 4.90 Å². The van der Waals surface area contributed by atoms with Gasteiger partial charge in [-0.2, -0.15) is 15.4 Å². The van der Waals surface area contributed by atoms with Crippen molar-refractivity contribution in [1.29, 1.82) is 0 Å². The number of aromatic nitrogens is 3. The van der Waals surface area contributed by atoms with Crippen LogP contribution in [0.4, 0.5) is 5.69 Å². The lowest BCUT2D eigenvalue weighted by Gasteiger charge is -2.12. The standard InChI is InChI=1S/C10H9NO2.C2H3N3/c1-2-11-8-6-4-3-5-7(8)9(12)10(11)13;1-2-4-5-3-1/h3-6H,2H2,1H3;1-2H,(H,3,4,5). The molecule has 3 rings (SSSR count). The lowest BCUT2D eigenvalue weighted by molar-refractivity contribution is -0.114. The van der Waals surface area contributed by atoms with Crippen molar-refractivity contribution in [2.24, 2.45) is 0 Å². The molecule has 0 spiro atoms. The molecule has 0 aliphatic carbocycles. The molecule has 18 heavy (non-hydrogen) atoms. The second kappa shape index (κ2) is 5.22. The number of nitrogens with zero attached hydrogens (tertiary/aromatic N) is 3. The van der Waals surface area contributed by atoms with E-state index in [0.29, 0.717) is 12.1 Å². The zero-order valence-electron chi connectivity index (χ0n) is 9.83. The molecular weight excluding hydrogens is 232 g/mol. The number of likely N-dealkylation sites (N-methyl/N-ethyl adjacent to an activating group) is 1. The van der Waals surface area contributed by atoms with E-state index in [9.17, 15) is 9.59 Å². The number of amides is 1. The van der Waals surface area contributed by atoms with Crippen molar-refractivity contribution in [2.75, 3.05) is 11.4 Å². The van der Waals surface area contributed by atoms with Gasteiger partial charge in [0.25, 0.3) is 11.7 Å². The molecule has 2 heterocycles. The molecule has 0 atom stereocenters. The largest absolute Gasteiger partial charge is 0.305 e. The molecule has 0 fully saturated rings. The van der Waals surface area contributed by atoms with Gasteiger partial charge in [0.15, 0.2) is 0 Å². The third kappa shape index (κ3) is 2.13. The number of anilines is 1. The lowest BCUT2D eigenvalue weighted by Crippen LogP contribution is -2.29. The van der Waals surface area contributed by atoms with Crippen LogP contribution in [0.2, 0.25) is 0 Å². The zero-order chi connectivity index (χ0) is 13.0. The van der Waals surface area contributed by atoms with E-state index >= 15 is 0 Å². The molecule has 6 heteroatoms. The van der Waals surface area contributed by atoms with Gasteiger partial charge in [0.2, 0.25) is 0 Å². The van der Waals surface area contributed by atoms with Crippen LogP contribution in [-0.4, -0.2) is 33.6 Å². The number of nitrogens with one attached hydrogen (secondary N) is 1. The van der Waals surface area contributed by atoms with Gasteiger partial charge < -0.3 is 4.90 Å². The quantitative estimate of drug-likeness (QED) is 0.760. The predicted molar refractivity (Wildman–Crippen MR) is 65.2 cm³/mol. The van der Waals surface area contributed by atoms with Crippen LogP contribution >= 0.6 is 0 Å². The van der Waals surface area contributed by atoms with Gasteiger partial charge in [0, 0.05) is 6.54 Å². The van der Waals surface area contributed by atoms with Crippen LogP contribution in [0.15, 0.2) is 36.7 Å². The summed E-state index contributed by atoms with van der Waals surface area (Å²) in [6.45, 7) is 2.40. The van der Waals surface area contributed by atoms with Crippen LogP contribution in [0.5, 0.6) is 0 Å². The Labute approximate surface area is 104 Å². The molecule has 1 amide bonds. The number of ketones is 1.